The maximum Gasteiger partial charge on any atom is 0.321 e. The SMILES string of the molecule is O=C(O)[C@@H](Cc1cnc[nH]1)NCF. The molecule has 0 radical (unpaired) electrons. The molecule has 0 aromatic carbocycles. The lowest BCUT2D eigenvalue weighted by molar-refractivity contribution is -0.139. The van der Waals surface area contributed by atoms with Gasteiger partial charge in [0.1, 0.15) is 12.8 Å². The number of rotatable bonds is 5. The Balaban J connectivity index is 2.52. The van der Waals surface area contributed by atoms with Crippen molar-refractivity contribution < 1.29 is 14.3 Å². The summed E-state index contributed by atoms with van der Waals surface area (Å²) in [4.78, 5) is 17.0. The number of aliphatic carboxylic acids is 1. The summed E-state index contributed by atoms with van der Waals surface area (Å²) in [6.07, 6.45) is 3.15. The van der Waals surface area contributed by atoms with Crippen molar-refractivity contribution in [1.29, 1.82) is 0 Å². The van der Waals surface area contributed by atoms with Crippen LogP contribution in [-0.4, -0.2) is 33.9 Å². The van der Waals surface area contributed by atoms with Gasteiger partial charge in [0.2, 0.25) is 0 Å². The quantitative estimate of drug-likeness (QED) is 0.563. The van der Waals surface area contributed by atoms with E-state index in [0.29, 0.717) is 5.69 Å². The predicted molar refractivity (Wildman–Crippen MR) is 42.8 cm³/mol. The number of carbonyl (C=O) groups is 1. The molecule has 1 rings (SSSR count). The molecular weight excluding hydrogens is 177 g/mol. The molecule has 1 atom stereocenters. The third-order valence-electron chi connectivity index (χ3n) is 1.60. The molecule has 13 heavy (non-hydrogen) atoms. The zero-order valence-corrected chi connectivity index (χ0v) is 6.83. The van der Waals surface area contributed by atoms with Gasteiger partial charge in [0.05, 0.1) is 6.33 Å². The first-order chi connectivity index (χ1) is 6.24. The van der Waals surface area contributed by atoms with Gasteiger partial charge in [0.15, 0.2) is 0 Å². The topological polar surface area (TPSA) is 78.0 Å². The van der Waals surface area contributed by atoms with Gasteiger partial charge in [-0.1, -0.05) is 0 Å². The van der Waals surface area contributed by atoms with Gasteiger partial charge >= 0.3 is 5.97 Å². The first kappa shape index (κ1) is 9.66. The van der Waals surface area contributed by atoms with Crippen LogP contribution in [0.5, 0.6) is 0 Å². The second-order valence-electron chi connectivity index (χ2n) is 2.51. The summed E-state index contributed by atoms with van der Waals surface area (Å²) >= 11 is 0. The van der Waals surface area contributed by atoms with Gasteiger partial charge in [-0.15, -0.1) is 0 Å². The Morgan fingerprint density at radius 1 is 1.85 bits per heavy atom. The zero-order chi connectivity index (χ0) is 9.68. The highest BCUT2D eigenvalue weighted by molar-refractivity contribution is 5.73. The molecule has 0 aliphatic heterocycles. The van der Waals surface area contributed by atoms with Gasteiger partial charge in [0.25, 0.3) is 0 Å². The molecule has 1 heterocycles. The molecule has 1 aromatic heterocycles. The molecule has 5 nitrogen and oxygen atoms in total. The Kier molecular flexibility index (Phi) is 3.39. The molecule has 0 fully saturated rings. The van der Waals surface area contributed by atoms with E-state index in [1.807, 2.05) is 0 Å². The molecule has 0 aliphatic carbocycles. The molecule has 1 aromatic rings. The lowest BCUT2D eigenvalue weighted by Gasteiger charge is -2.09. The van der Waals surface area contributed by atoms with E-state index in [9.17, 15) is 9.18 Å². The highest BCUT2D eigenvalue weighted by atomic mass is 19.1. The number of halogens is 1. The zero-order valence-electron chi connectivity index (χ0n) is 6.83. The number of H-pyrrole nitrogens is 1. The molecule has 0 saturated carbocycles. The van der Waals surface area contributed by atoms with Gasteiger partial charge in [-0.05, 0) is 0 Å². The fraction of sp³-hybridized carbons (Fsp3) is 0.429. The fourth-order valence-electron chi connectivity index (χ4n) is 0.956. The van der Waals surface area contributed by atoms with Crippen LogP contribution in [0.15, 0.2) is 12.5 Å². The van der Waals surface area contributed by atoms with Gasteiger partial charge in [-0.3, -0.25) is 10.1 Å². The maximum atomic E-state index is 11.8. The van der Waals surface area contributed by atoms with Crippen LogP contribution in [0, 0.1) is 0 Å². The molecule has 6 heteroatoms. The van der Waals surface area contributed by atoms with Crippen molar-refractivity contribution in [2.45, 2.75) is 12.5 Å². The minimum Gasteiger partial charge on any atom is -0.480 e. The number of alkyl halides is 1. The molecule has 72 valence electrons. The first-order valence-corrected chi connectivity index (χ1v) is 3.73. The number of aromatic nitrogens is 2. The Morgan fingerprint density at radius 2 is 2.62 bits per heavy atom. The van der Waals surface area contributed by atoms with Crippen LogP contribution in [0.25, 0.3) is 0 Å². The van der Waals surface area contributed by atoms with Crippen molar-refractivity contribution in [2.24, 2.45) is 0 Å². The number of hydrogen-bond donors (Lipinski definition) is 3. The van der Waals surface area contributed by atoms with Crippen molar-refractivity contribution in [3.63, 3.8) is 0 Å². The van der Waals surface area contributed by atoms with Crippen LogP contribution in [0.4, 0.5) is 4.39 Å². The summed E-state index contributed by atoms with van der Waals surface area (Å²) < 4.78 is 11.8. The minimum atomic E-state index is -1.08. The number of nitrogens with zero attached hydrogens (tertiary/aromatic N) is 1. The predicted octanol–water partition coefficient (Wildman–Crippen LogP) is -0.0780. The highest BCUT2D eigenvalue weighted by Gasteiger charge is 2.17. The smallest absolute Gasteiger partial charge is 0.321 e. The normalized spacial score (nSPS) is 12.7. The van der Waals surface area contributed by atoms with Crippen molar-refractivity contribution in [2.75, 3.05) is 6.80 Å². The number of aromatic amines is 1. The lowest BCUT2D eigenvalue weighted by Crippen LogP contribution is -2.38. The van der Waals surface area contributed by atoms with Crippen LogP contribution < -0.4 is 5.32 Å². The molecule has 0 bridgehead atoms. The highest BCUT2D eigenvalue weighted by Crippen LogP contribution is 1.98. The number of hydrogen-bond acceptors (Lipinski definition) is 3. The van der Waals surface area contributed by atoms with Crippen molar-refractivity contribution in [3.8, 4) is 0 Å². The van der Waals surface area contributed by atoms with Gasteiger partial charge in [-0.25, -0.2) is 9.37 Å². The maximum absolute atomic E-state index is 11.8. The molecule has 0 amide bonds. The van der Waals surface area contributed by atoms with Gasteiger partial charge < -0.3 is 10.1 Å². The van der Waals surface area contributed by atoms with E-state index in [1.165, 1.54) is 12.5 Å². The van der Waals surface area contributed by atoms with Crippen LogP contribution in [-0.2, 0) is 11.2 Å². The average Bonchev–Trinajstić information content (AvgIpc) is 2.56. The standard InChI is InChI=1S/C7H10FN3O2/c8-3-10-6(7(12)13)1-5-2-9-4-11-5/h2,4,6,10H,1,3H2,(H,9,11)(H,12,13)/t6-/m1/s1. The fourth-order valence-corrected chi connectivity index (χ4v) is 0.956. The van der Waals surface area contributed by atoms with Crippen LogP contribution in [0.2, 0.25) is 0 Å². The first-order valence-electron chi connectivity index (χ1n) is 3.73. The van der Waals surface area contributed by atoms with E-state index in [0.717, 1.165) is 0 Å². The summed E-state index contributed by atoms with van der Waals surface area (Å²) in [5, 5.41) is 10.8. The molecule has 0 saturated heterocycles. The Bertz CT molecular complexity index is 263. The van der Waals surface area contributed by atoms with Gasteiger partial charge in [-0.2, -0.15) is 0 Å². The number of imidazole rings is 1. The second-order valence-corrected chi connectivity index (χ2v) is 2.51. The van der Waals surface area contributed by atoms with E-state index in [2.05, 4.69) is 15.3 Å². The van der Waals surface area contributed by atoms with E-state index in [-0.39, 0.29) is 6.42 Å². The molecule has 3 N–H and O–H groups in total. The van der Waals surface area contributed by atoms with Crippen molar-refractivity contribution in [3.05, 3.63) is 18.2 Å². The second kappa shape index (κ2) is 4.56. The summed E-state index contributed by atoms with van der Waals surface area (Å²) in [6, 6.07) is -0.912. The summed E-state index contributed by atoms with van der Waals surface area (Å²) in [5.74, 6) is -1.08. The van der Waals surface area contributed by atoms with E-state index < -0.39 is 18.8 Å². The third kappa shape index (κ3) is 2.83. The monoisotopic (exact) mass is 187 g/mol. The average molecular weight is 187 g/mol. The van der Waals surface area contributed by atoms with E-state index >= 15 is 0 Å². The summed E-state index contributed by atoms with van der Waals surface area (Å²) in [7, 11) is 0. The Labute approximate surface area is 74.0 Å². The Hall–Kier alpha value is -1.43. The lowest BCUT2D eigenvalue weighted by atomic mass is 10.2. The third-order valence-corrected chi connectivity index (χ3v) is 1.60. The van der Waals surface area contributed by atoms with Crippen molar-refractivity contribution >= 4 is 5.97 Å². The van der Waals surface area contributed by atoms with Crippen LogP contribution >= 0.6 is 0 Å². The number of nitrogens with one attached hydrogen (secondary N) is 2. The van der Waals surface area contributed by atoms with Crippen molar-refractivity contribution in [1.82, 2.24) is 15.3 Å². The molecule has 0 aliphatic rings. The number of carboxylic acids is 1. The number of carboxylic acid groups (broad SMARTS) is 1. The molecule has 0 unspecified atom stereocenters. The molecular formula is C7H10FN3O2. The minimum absolute atomic E-state index is 0.194. The summed E-state index contributed by atoms with van der Waals surface area (Å²) in [5.41, 5.74) is 0.661. The van der Waals surface area contributed by atoms with Gasteiger partial charge in [0, 0.05) is 18.3 Å². The Morgan fingerprint density at radius 3 is 3.08 bits per heavy atom. The van der Waals surface area contributed by atoms with E-state index in [1.54, 1.807) is 0 Å². The van der Waals surface area contributed by atoms with Crippen LogP contribution in [0.1, 0.15) is 5.69 Å². The molecule has 0 spiro atoms. The van der Waals surface area contributed by atoms with E-state index in [4.69, 9.17) is 5.11 Å². The largest absolute Gasteiger partial charge is 0.480 e. The summed E-state index contributed by atoms with van der Waals surface area (Å²) in [6.45, 7) is -0.856. The van der Waals surface area contributed by atoms with Crippen LogP contribution in [0.3, 0.4) is 0 Å².